The molecule has 0 fully saturated rings. The van der Waals surface area contributed by atoms with E-state index in [4.69, 9.17) is 5.73 Å². The Kier molecular flexibility index (Phi) is 3.41. The Hall–Kier alpha value is -1.62. The van der Waals surface area contributed by atoms with Crippen LogP contribution in [0.3, 0.4) is 0 Å². The fourth-order valence-electron chi connectivity index (χ4n) is 0.979. The molecule has 14 heavy (non-hydrogen) atoms. The van der Waals surface area contributed by atoms with Crippen LogP contribution in [0.1, 0.15) is 12.5 Å². The van der Waals surface area contributed by atoms with Gasteiger partial charge in [-0.15, -0.1) is 0 Å². The molecule has 0 aliphatic heterocycles. The first kappa shape index (κ1) is 10.5. The van der Waals surface area contributed by atoms with Crippen LogP contribution in [0.4, 0.5) is 0 Å². The van der Waals surface area contributed by atoms with E-state index in [0.29, 0.717) is 11.3 Å². The number of para-hydroxylation sites is 1. The molecule has 0 aromatic heterocycles. The van der Waals surface area contributed by atoms with Crippen molar-refractivity contribution in [3.63, 3.8) is 0 Å². The first-order valence-electron chi connectivity index (χ1n) is 3.99. The van der Waals surface area contributed by atoms with E-state index in [9.17, 15) is 5.11 Å². The third-order valence-electron chi connectivity index (χ3n) is 1.63. The van der Waals surface area contributed by atoms with Crippen LogP contribution in [0, 0.1) is 0 Å². The highest BCUT2D eigenvalue weighted by Crippen LogP contribution is 2.15. The number of nitrogens with one attached hydrogen (secondary N) is 1. The Morgan fingerprint density at radius 1 is 1.50 bits per heavy atom. The maximum atomic E-state index is 9.47. The minimum absolute atomic E-state index is 0.0970. The Balaban J connectivity index is 2.89. The molecule has 5 heteroatoms. The van der Waals surface area contributed by atoms with Gasteiger partial charge in [-0.05, 0) is 31.3 Å². The minimum Gasteiger partial charge on any atom is -0.507 e. The molecule has 0 aliphatic carbocycles. The van der Waals surface area contributed by atoms with Crippen LogP contribution in [-0.4, -0.2) is 15.9 Å². The second-order valence-electron chi connectivity index (χ2n) is 2.69. The molecule has 4 nitrogen and oxygen atoms in total. The average Bonchev–Trinajstić information content (AvgIpc) is 2.15. The van der Waals surface area contributed by atoms with Gasteiger partial charge in [-0.3, -0.25) is 5.43 Å². The van der Waals surface area contributed by atoms with Crippen molar-refractivity contribution < 1.29 is 5.11 Å². The van der Waals surface area contributed by atoms with Gasteiger partial charge in [0.05, 0.1) is 5.71 Å². The van der Waals surface area contributed by atoms with Gasteiger partial charge >= 0.3 is 0 Å². The fourth-order valence-corrected chi connectivity index (χ4v) is 1.02. The summed E-state index contributed by atoms with van der Waals surface area (Å²) in [6.45, 7) is 1.75. The summed E-state index contributed by atoms with van der Waals surface area (Å²) in [6, 6.07) is 6.91. The van der Waals surface area contributed by atoms with E-state index in [1.165, 1.54) is 0 Å². The molecular formula is C9H11N3OS. The van der Waals surface area contributed by atoms with Gasteiger partial charge < -0.3 is 10.8 Å². The number of thiocarbonyl (C=S) groups is 1. The largest absolute Gasteiger partial charge is 0.507 e. The summed E-state index contributed by atoms with van der Waals surface area (Å²) in [5.74, 6) is 0.179. The first-order valence-corrected chi connectivity index (χ1v) is 4.40. The van der Waals surface area contributed by atoms with Crippen LogP contribution in [-0.2, 0) is 0 Å². The highest BCUT2D eigenvalue weighted by atomic mass is 32.1. The Labute approximate surface area is 87.4 Å². The number of hydrogen-bond donors (Lipinski definition) is 3. The van der Waals surface area contributed by atoms with Gasteiger partial charge in [0, 0.05) is 5.56 Å². The van der Waals surface area contributed by atoms with Gasteiger partial charge in [-0.25, -0.2) is 0 Å². The molecule has 0 saturated carbocycles. The van der Waals surface area contributed by atoms with Crippen LogP contribution in [0.25, 0.3) is 0 Å². The number of phenols is 1. The van der Waals surface area contributed by atoms with Crippen molar-refractivity contribution in [1.29, 1.82) is 0 Å². The van der Waals surface area contributed by atoms with E-state index in [-0.39, 0.29) is 10.9 Å². The molecule has 0 heterocycles. The second kappa shape index (κ2) is 4.57. The zero-order valence-corrected chi connectivity index (χ0v) is 8.51. The highest BCUT2D eigenvalue weighted by Gasteiger charge is 2.02. The summed E-state index contributed by atoms with van der Waals surface area (Å²) in [5, 5.41) is 13.5. The summed E-state index contributed by atoms with van der Waals surface area (Å²) in [4.78, 5) is 0. The van der Waals surface area contributed by atoms with Crippen LogP contribution in [0.5, 0.6) is 5.75 Å². The van der Waals surface area contributed by atoms with Gasteiger partial charge in [-0.2, -0.15) is 5.10 Å². The monoisotopic (exact) mass is 209 g/mol. The van der Waals surface area contributed by atoms with Crippen LogP contribution in [0.15, 0.2) is 29.4 Å². The number of hydrogen-bond acceptors (Lipinski definition) is 3. The molecular weight excluding hydrogens is 198 g/mol. The summed E-state index contributed by atoms with van der Waals surface area (Å²) < 4.78 is 0. The Morgan fingerprint density at radius 3 is 2.71 bits per heavy atom. The lowest BCUT2D eigenvalue weighted by molar-refractivity contribution is 0.474. The smallest absolute Gasteiger partial charge is 0.184 e. The number of rotatable bonds is 2. The van der Waals surface area contributed by atoms with Crippen LogP contribution < -0.4 is 11.2 Å². The first-order chi connectivity index (χ1) is 6.61. The molecule has 0 spiro atoms. The summed E-state index contributed by atoms with van der Waals surface area (Å²) in [5.41, 5.74) is 8.94. The number of benzene rings is 1. The predicted molar refractivity (Wildman–Crippen MR) is 60.2 cm³/mol. The molecule has 0 unspecified atom stereocenters. The van der Waals surface area contributed by atoms with Crippen molar-refractivity contribution in [2.45, 2.75) is 6.92 Å². The topological polar surface area (TPSA) is 70.6 Å². The molecule has 1 aromatic rings. The normalized spacial score (nSPS) is 11.1. The van der Waals surface area contributed by atoms with Gasteiger partial charge in [0.2, 0.25) is 0 Å². The quantitative estimate of drug-likeness (QED) is 0.385. The standard InChI is InChI=1S/C9H11N3OS/c1-6(11-12-9(10)14)7-4-2-3-5-8(7)13/h2-5,13H,1H3,(H3,10,12,14). The van der Waals surface area contributed by atoms with Gasteiger partial charge in [0.15, 0.2) is 5.11 Å². The van der Waals surface area contributed by atoms with E-state index in [1.807, 2.05) is 6.07 Å². The molecule has 0 amide bonds. The lowest BCUT2D eigenvalue weighted by Gasteiger charge is -2.03. The number of nitrogens with two attached hydrogens (primary N) is 1. The zero-order valence-electron chi connectivity index (χ0n) is 7.69. The molecule has 0 saturated heterocycles. The molecule has 0 aliphatic rings. The Bertz CT molecular complexity index is 376. The van der Waals surface area contributed by atoms with Crippen LogP contribution >= 0.6 is 12.2 Å². The zero-order chi connectivity index (χ0) is 10.6. The van der Waals surface area contributed by atoms with E-state index >= 15 is 0 Å². The second-order valence-corrected chi connectivity index (χ2v) is 3.13. The average molecular weight is 209 g/mol. The minimum atomic E-state index is 0.0970. The molecule has 1 rings (SSSR count). The molecule has 0 atom stereocenters. The molecule has 1 aromatic carbocycles. The van der Waals surface area contributed by atoms with Crippen molar-refractivity contribution in [1.82, 2.24) is 5.43 Å². The summed E-state index contributed by atoms with van der Waals surface area (Å²) >= 11 is 4.59. The maximum absolute atomic E-state index is 9.47. The SMILES string of the molecule is CC(=NNC(N)=S)c1ccccc1O. The van der Waals surface area contributed by atoms with Crippen molar-refractivity contribution in [3.05, 3.63) is 29.8 Å². The molecule has 0 bridgehead atoms. The van der Waals surface area contributed by atoms with Gasteiger partial charge in [0.1, 0.15) is 5.75 Å². The van der Waals surface area contributed by atoms with Crippen molar-refractivity contribution >= 4 is 23.0 Å². The third-order valence-corrected chi connectivity index (χ3v) is 1.72. The van der Waals surface area contributed by atoms with Crippen molar-refractivity contribution in [2.24, 2.45) is 10.8 Å². The number of nitrogens with zero attached hydrogens (tertiary/aromatic N) is 1. The van der Waals surface area contributed by atoms with Gasteiger partial charge in [0.25, 0.3) is 0 Å². The number of hydrazone groups is 1. The van der Waals surface area contributed by atoms with E-state index in [2.05, 4.69) is 22.7 Å². The van der Waals surface area contributed by atoms with Crippen molar-refractivity contribution in [3.8, 4) is 5.75 Å². The molecule has 0 radical (unpaired) electrons. The lowest BCUT2D eigenvalue weighted by atomic mass is 10.1. The van der Waals surface area contributed by atoms with Crippen molar-refractivity contribution in [2.75, 3.05) is 0 Å². The molecule has 4 N–H and O–H groups in total. The van der Waals surface area contributed by atoms with E-state index in [1.54, 1.807) is 25.1 Å². The van der Waals surface area contributed by atoms with Gasteiger partial charge in [-0.1, -0.05) is 12.1 Å². The maximum Gasteiger partial charge on any atom is 0.184 e. The molecule has 74 valence electrons. The number of phenolic OH excluding ortho intramolecular Hbond substituents is 1. The third kappa shape index (κ3) is 2.70. The predicted octanol–water partition coefficient (Wildman–Crippen LogP) is 0.949. The lowest BCUT2D eigenvalue weighted by Crippen LogP contribution is -2.25. The fraction of sp³-hybridized carbons (Fsp3) is 0.111. The summed E-state index contributed by atoms with van der Waals surface area (Å²) in [6.07, 6.45) is 0. The highest BCUT2D eigenvalue weighted by molar-refractivity contribution is 7.80. The van der Waals surface area contributed by atoms with E-state index < -0.39 is 0 Å². The van der Waals surface area contributed by atoms with Crippen LogP contribution in [0.2, 0.25) is 0 Å². The number of aromatic hydroxyl groups is 1. The summed E-state index contributed by atoms with van der Waals surface area (Å²) in [7, 11) is 0. The van der Waals surface area contributed by atoms with E-state index in [0.717, 1.165) is 0 Å². The Morgan fingerprint density at radius 2 is 2.14 bits per heavy atom.